The van der Waals surface area contributed by atoms with Crippen LogP contribution in [0.4, 0.5) is 0 Å². The first-order valence-corrected chi connectivity index (χ1v) is 2.45. The van der Waals surface area contributed by atoms with Crippen LogP contribution in [0.2, 0.25) is 0 Å². The normalized spacial score (nSPS) is 6.44. The van der Waals surface area contributed by atoms with Gasteiger partial charge < -0.3 is 15.6 Å². The molecule has 0 fully saturated rings. The second-order valence-electron chi connectivity index (χ2n) is 1.08. The van der Waals surface area contributed by atoms with Crippen LogP contribution in [0.3, 0.4) is 0 Å². The highest BCUT2D eigenvalue weighted by Crippen LogP contribution is 1.62. The predicted molar refractivity (Wildman–Crippen MR) is 35.0 cm³/mol. The maximum Gasteiger partial charge on any atom is 0.0919 e. The van der Waals surface area contributed by atoms with Gasteiger partial charge in [0.2, 0.25) is 0 Å². The van der Waals surface area contributed by atoms with E-state index in [0.29, 0.717) is 0 Å². The lowest BCUT2D eigenvalue weighted by Gasteiger charge is -1.52. The molecule has 0 atom stereocenters. The summed E-state index contributed by atoms with van der Waals surface area (Å²) in [5, 5.41) is 7.57. The van der Waals surface area contributed by atoms with E-state index in [2.05, 4.69) is 9.97 Å². The fourth-order valence-electron chi connectivity index (χ4n) is 0.215. The van der Waals surface area contributed by atoms with E-state index < -0.39 is 0 Å². The van der Waals surface area contributed by atoms with Crippen LogP contribution in [-0.4, -0.2) is 27.2 Å². The Morgan fingerprint density at radius 3 is 2.33 bits per heavy atom. The van der Waals surface area contributed by atoms with Crippen molar-refractivity contribution in [2.24, 2.45) is 0 Å². The minimum absolute atomic E-state index is 0. The number of hydrogen-bond acceptors (Lipinski definition) is 2. The first-order valence-electron chi connectivity index (χ1n) is 2.45. The van der Waals surface area contributed by atoms with Crippen molar-refractivity contribution in [1.82, 2.24) is 9.97 Å². The molecule has 4 heteroatoms. The molecule has 0 spiro atoms. The largest absolute Gasteiger partial charge is 0.412 e. The summed E-state index contributed by atoms with van der Waals surface area (Å²) in [5.74, 6) is 0. The van der Waals surface area contributed by atoms with Crippen LogP contribution in [0.1, 0.15) is 6.92 Å². The molecule has 0 bridgehead atoms. The fourth-order valence-corrected chi connectivity index (χ4v) is 0.215. The molecule has 1 heterocycles. The van der Waals surface area contributed by atoms with Crippen LogP contribution in [0.25, 0.3) is 0 Å². The number of nitrogens with one attached hydrogen (secondary N) is 1. The molecule has 0 saturated carbocycles. The Labute approximate surface area is 53.9 Å². The molecule has 54 valence electrons. The van der Waals surface area contributed by atoms with E-state index in [1.807, 2.05) is 0 Å². The number of nitrogens with zero attached hydrogens (tertiary/aromatic N) is 1. The van der Waals surface area contributed by atoms with Gasteiger partial charge in [-0.25, -0.2) is 4.98 Å². The highest BCUT2D eigenvalue weighted by Gasteiger charge is 1.56. The van der Waals surface area contributed by atoms with Crippen LogP contribution >= 0.6 is 0 Å². The van der Waals surface area contributed by atoms with Gasteiger partial charge in [0.05, 0.1) is 6.33 Å². The third-order valence-corrected chi connectivity index (χ3v) is 0.406. The molecule has 0 radical (unpaired) electrons. The van der Waals surface area contributed by atoms with Gasteiger partial charge in [-0.1, -0.05) is 0 Å². The Morgan fingerprint density at radius 1 is 1.67 bits per heavy atom. The van der Waals surface area contributed by atoms with Gasteiger partial charge in [0.25, 0.3) is 0 Å². The number of H-pyrrole nitrogens is 1. The standard InChI is InChI=1S/C3H4N2.C2H6O.H2O/c1-2-5-3-4-1;1-2-3;/h1-3H,(H,4,5);3H,2H2,1H3;1H2. The van der Waals surface area contributed by atoms with Gasteiger partial charge in [-0.3, -0.25) is 0 Å². The van der Waals surface area contributed by atoms with Gasteiger partial charge in [-0.15, -0.1) is 0 Å². The zero-order chi connectivity index (χ0) is 6.24. The summed E-state index contributed by atoms with van der Waals surface area (Å²) < 4.78 is 0. The van der Waals surface area contributed by atoms with Crippen LogP contribution in [0, 0.1) is 0 Å². The number of aliphatic hydroxyl groups is 1. The van der Waals surface area contributed by atoms with Crippen molar-refractivity contribution in [3.63, 3.8) is 0 Å². The zero-order valence-corrected chi connectivity index (χ0v) is 5.33. The molecule has 0 saturated heterocycles. The van der Waals surface area contributed by atoms with Crippen molar-refractivity contribution < 1.29 is 10.6 Å². The molecule has 1 aromatic rings. The molecule has 1 aromatic heterocycles. The lowest BCUT2D eigenvalue weighted by Crippen LogP contribution is -1.57. The maximum absolute atomic E-state index is 7.57. The van der Waals surface area contributed by atoms with E-state index in [9.17, 15) is 0 Å². The third-order valence-electron chi connectivity index (χ3n) is 0.406. The fraction of sp³-hybridized carbons (Fsp3) is 0.400. The van der Waals surface area contributed by atoms with E-state index in [-0.39, 0.29) is 12.1 Å². The molecular weight excluding hydrogens is 120 g/mol. The number of aromatic nitrogens is 2. The second-order valence-corrected chi connectivity index (χ2v) is 1.08. The van der Waals surface area contributed by atoms with Crippen molar-refractivity contribution in [2.75, 3.05) is 6.61 Å². The van der Waals surface area contributed by atoms with Gasteiger partial charge in [0.15, 0.2) is 0 Å². The van der Waals surface area contributed by atoms with E-state index in [4.69, 9.17) is 5.11 Å². The van der Waals surface area contributed by atoms with Crippen molar-refractivity contribution in [3.05, 3.63) is 18.7 Å². The molecule has 0 aliphatic heterocycles. The monoisotopic (exact) mass is 132 g/mol. The topological polar surface area (TPSA) is 80.4 Å². The summed E-state index contributed by atoms with van der Waals surface area (Å²) >= 11 is 0. The second kappa shape index (κ2) is 10.2. The van der Waals surface area contributed by atoms with Gasteiger partial charge in [-0.05, 0) is 6.92 Å². The van der Waals surface area contributed by atoms with E-state index in [0.717, 1.165) is 0 Å². The van der Waals surface area contributed by atoms with Gasteiger partial charge in [-0.2, -0.15) is 0 Å². The van der Waals surface area contributed by atoms with Crippen LogP contribution in [0.5, 0.6) is 0 Å². The van der Waals surface area contributed by atoms with Gasteiger partial charge in [0, 0.05) is 19.0 Å². The molecular formula is C5H12N2O2. The van der Waals surface area contributed by atoms with Crippen LogP contribution in [0.15, 0.2) is 18.7 Å². The Balaban J connectivity index is 0. The average molecular weight is 132 g/mol. The van der Waals surface area contributed by atoms with Gasteiger partial charge >= 0.3 is 0 Å². The number of rotatable bonds is 0. The molecule has 0 aliphatic rings. The van der Waals surface area contributed by atoms with Crippen molar-refractivity contribution in [1.29, 1.82) is 0 Å². The van der Waals surface area contributed by atoms with Crippen LogP contribution in [-0.2, 0) is 0 Å². The summed E-state index contributed by atoms with van der Waals surface area (Å²) in [6.45, 7) is 1.93. The molecule has 4 N–H and O–H groups in total. The maximum atomic E-state index is 7.57. The molecule has 1 rings (SSSR count). The third kappa shape index (κ3) is 11.0. The smallest absolute Gasteiger partial charge is 0.0919 e. The van der Waals surface area contributed by atoms with Gasteiger partial charge in [0.1, 0.15) is 0 Å². The number of hydrogen-bond donors (Lipinski definition) is 2. The van der Waals surface area contributed by atoms with Crippen molar-refractivity contribution in [2.45, 2.75) is 6.92 Å². The highest BCUT2D eigenvalue weighted by atomic mass is 16.2. The molecule has 0 aliphatic carbocycles. The number of imidazole rings is 1. The summed E-state index contributed by atoms with van der Waals surface area (Å²) in [4.78, 5) is 6.42. The Bertz CT molecular complexity index is 79.9. The quantitative estimate of drug-likeness (QED) is 0.503. The molecule has 0 aromatic carbocycles. The Morgan fingerprint density at radius 2 is 2.22 bits per heavy atom. The average Bonchev–Trinajstić information content (AvgIpc) is 2.17. The minimum atomic E-state index is 0. The summed E-state index contributed by atoms with van der Waals surface area (Å²) in [5.41, 5.74) is 0. The van der Waals surface area contributed by atoms with Crippen LogP contribution < -0.4 is 0 Å². The molecule has 9 heavy (non-hydrogen) atoms. The van der Waals surface area contributed by atoms with E-state index >= 15 is 0 Å². The summed E-state index contributed by atoms with van der Waals surface area (Å²) in [6, 6.07) is 0. The Kier molecular flexibility index (Phi) is 12.4. The van der Waals surface area contributed by atoms with Crippen molar-refractivity contribution >= 4 is 0 Å². The molecule has 4 nitrogen and oxygen atoms in total. The highest BCUT2D eigenvalue weighted by molar-refractivity contribution is 4.64. The molecule has 0 amide bonds. The predicted octanol–water partition coefficient (Wildman–Crippen LogP) is -0.416. The number of aromatic amines is 1. The van der Waals surface area contributed by atoms with E-state index in [1.54, 1.807) is 25.6 Å². The summed E-state index contributed by atoms with van der Waals surface area (Å²) in [7, 11) is 0. The molecule has 0 unspecified atom stereocenters. The van der Waals surface area contributed by atoms with Crippen molar-refractivity contribution in [3.8, 4) is 0 Å². The SMILES string of the molecule is CCO.O.c1c[nH]cn1. The van der Waals surface area contributed by atoms with E-state index in [1.165, 1.54) is 0 Å². The Hall–Kier alpha value is -0.870. The zero-order valence-electron chi connectivity index (χ0n) is 5.33. The minimum Gasteiger partial charge on any atom is -0.412 e. The lowest BCUT2D eigenvalue weighted by molar-refractivity contribution is 0.318. The lowest BCUT2D eigenvalue weighted by atomic mass is 10.9. The number of aliphatic hydroxyl groups excluding tert-OH is 1. The first-order chi connectivity index (χ1) is 3.91. The first kappa shape index (κ1) is 11.0. The summed E-state index contributed by atoms with van der Waals surface area (Å²) in [6.07, 6.45) is 5.08.